The third-order valence-electron chi connectivity index (χ3n) is 2.92. The highest BCUT2D eigenvalue weighted by Gasteiger charge is 2.12. The van der Waals surface area contributed by atoms with Gasteiger partial charge in [-0.2, -0.15) is 5.10 Å². The molecule has 3 N–H and O–H groups in total. The van der Waals surface area contributed by atoms with Crippen molar-refractivity contribution >= 4 is 0 Å². The molecule has 1 aromatic heterocycles. The molecule has 0 spiro atoms. The first-order valence-electron chi connectivity index (χ1n) is 6.32. The first-order chi connectivity index (χ1) is 9.35. The summed E-state index contributed by atoms with van der Waals surface area (Å²) in [5.74, 6) is 11.5. The summed E-state index contributed by atoms with van der Waals surface area (Å²) in [6, 6.07) is 12.0. The molecule has 1 aromatic carbocycles. The molecule has 0 radical (unpaired) electrons. The van der Waals surface area contributed by atoms with E-state index >= 15 is 0 Å². The summed E-state index contributed by atoms with van der Waals surface area (Å²) < 4.78 is 1.85. The Morgan fingerprint density at radius 2 is 2.11 bits per heavy atom. The van der Waals surface area contributed by atoms with Gasteiger partial charge in [0.1, 0.15) is 0 Å². The molecular formula is C15H18N4. The lowest BCUT2D eigenvalue weighted by molar-refractivity contribution is 0.507. The van der Waals surface area contributed by atoms with E-state index in [1.165, 1.54) is 0 Å². The molecule has 1 heterocycles. The van der Waals surface area contributed by atoms with Gasteiger partial charge in [-0.3, -0.25) is 11.3 Å². The third-order valence-corrected chi connectivity index (χ3v) is 2.92. The second-order valence-electron chi connectivity index (χ2n) is 4.21. The summed E-state index contributed by atoms with van der Waals surface area (Å²) in [5.41, 5.74) is 4.77. The number of aromatic nitrogens is 2. The minimum atomic E-state index is 0.0332. The van der Waals surface area contributed by atoms with E-state index in [9.17, 15) is 0 Å². The smallest absolute Gasteiger partial charge is 0.0812 e. The molecule has 4 heteroatoms. The summed E-state index contributed by atoms with van der Waals surface area (Å²) in [5, 5.41) is 4.56. The Morgan fingerprint density at radius 1 is 1.32 bits per heavy atom. The molecule has 4 nitrogen and oxygen atoms in total. The molecule has 1 atom stereocenters. The molecule has 0 aliphatic rings. The van der Waals surface area contributed by atoms with Crippen LogP contribution >= 0.6 is 0 Å². The number of nitrogens with one attached hydrogen (secondary N) is 1. The first-order valence-corrected chi connectivity index (χ1v) is 6.32. The van der Waals surface area contributed by atoms with Crippen LogP contribution in [0.2, 0.25) is 0 Å². The number of hydrazine groups is 1. The predicted octanol–water partition coefficient (Wildman–Crippen LogP) is 2.18. The van der Waals surface area contributed by atoms with Crippen LogP contribution in [0.15, 0.2) is 42.6 Å². The van der Waals surface area contributed by atoms with Crippen LogP contribution in [0.4, 0.5) is 0 Å². The van der Waals surface area contributed by atoms with Crippen molar-refractivity contribution in [2.75, 3.05) is 0 Å². The van der Waals surface area contributed by atoms with Gasteiger partial charge >= 0.3 is 0 Å². The summed E-state index contributed by atoms with van der Waals surface area (Å²) in [6.07, 6.45) is 3.60. The second-order valence-corrected chi connectivity index (χ2v) is 4.21. The molecule has 2 aromatic rings. The lowest BCUT2D eigenvalue weighted by atomic mass is 10.1. The van der Waals surface area contributed by atoms with Gasteiger partial charge in [-0.15, -0.1) is 11.8 Å². The van der Waals surface area contributed by atoms with E-state index in [1.807, 2.05) is 54.2 Å². The Kier molecular flexibility index (Phi) is 4.73. The highest BCUT2D eigenvalue weighted by molar-refractivity contribution is 5.30. The molecule has 0 saturated carbocycles. The first kappa shape index (κ1) is 13.3. The van der Waals surface area contributed by atoms with Gasteiger partial charge in [0.15, 0.2) is 0 Å². The van der Waals surface area contributed by atoms with Crippen LogP contribution in [-0.4, -0.2) is 9.78 Å². The monoisotopic (exact) mass is 254 g/mol. The van der Waals surface area contributed by atoms with Crippen LogP contribution < -0.4 is 11.3 Å². The van der Waals surface area contributed by atoms with Crippen LogP contribution in [0.5, 0.6) is 0 Å². The van der Waals surface area contributed by atoms with Crippen LogP contribution in [0, 0.1) is 11.8 Å². The van der Waals surface area contributed by atoms with Crippen molar-refractivity contribution in [3.63, 3.8) is 0 Å². The van der Waals surface area contributed by atoms with Crippen molar-refractivity contribution in [2.24, 2.45) is 5.84 Å². The number of para-hydroxylation sites is 1. The number of hydrogen-bond acceptors (Lipinski definition) is 3. The van der Waals surface area contributed by atoms with Crippen LogP contribution in [0.25, 0.3) is 5.69 Å². The molecule has 2 rings (SSSR count). The number of rotatable bonds is 5. The average Bonchev–Trinajstić information content (AvgIpc) is 2.94. The Morgan fingerprint density at radius 3 is 2.79 bits per heavy atom. The SMILES string of the molecule is CC#CCCC(NN)c1ccn(-c2ccccc2)n1. The van der Waals surface area contributed by atoms with Crippen molar-refractivity contribution in [3.05, 3.63) is 48.3 Å². The lowest BCUT2D eigenvalue weighted by Crippen LogP contribution is -2.28. The topological polar surface area (TPSA) is 55.9 Å². The minimum Gasteiger partial charge on any atom is -0.271 e. The molecular weight excluding hydrogens is 236 g/mol. The minimum absolute atomic E-state index is 0.0332. The average molecular weight is 254 g/mol. The molecule has 0 fully saturated rings. The largest absolute Gasteiger partial charge is 0.271 e. The van der Waals surface area contributed by atoms with Crippen molar-refractivity contribution in [3.8, 4) is 17.5 Å². The summed E-state index contributed by atoms with van der Waals surface area (Å²) in [6.45, 7) is 1.84. The number of benzene rings is 1. The maximum absolute atomic E-state index is 5.59. The van der Waals surface area contributed by atoms with Gasteiger partial charge < -0.3 is 0 Å². The van der Waals surface area contributed by atoms with Crippen molar-refractivity contribution in [2.45, 2.75) is 25.8 Å². The Balaban J connectivity index is 2.12. The van der Waals surface area contributed by atoms with Gasteiger partial charge in [-0.05, 0) is 31.5 Å². The van der Waals surface area contributed by atoms with E-state index in [1.54, 1.807) is 0 Å². The zero-order chi connectivity index (χ0) is 13.5. The summed E-state index contributed by atoms with van der Waals surface area (Å²) in [7, 11) is 0. The highest BCUT2D eigenvalue weighted by atomic mass is 15.3. The van der Waals surface area contributed by atoms with Gasteiger partial charge in [-0.25, -0.2) is 4.68 Å². The van der Waals surface area contributed by atoms with Gasteiger partial charge in [-0.1, -0.05) is 18.2 Å². The molecule has 0 bridgehead atoms. The normalized spacial score (nSPS) is 11.7. The van der Waals surface area contributed by atoms with Crippen molar-refractivity contribution < 1.29 is 0 Å². The van der Waals surface area contributed by atoms with Gasteiger partial charge in [0.2, 0.25) is 0 Å². The molecule has 0 amide bonds. The van der Waals surface area contributed by atoms with E-state index in [4.69, 9.17) is 5.84 Å². The highest BCUT2D eigenvalue weighted by Crippen LogP contribution is 2.16. The molecule has 0 aliphatic carbocycles. The zero-order valence-corrected chi connectivity index (χ0v) is 11.0. The van der Waals surface area contributed by atoms with Gasteiger partial charge in [0.05, 0.1) is 17.4 Å². The van der Waals surface area contributed by atoms with E-state index in [0.717, 1.165) is 24.2 Å². The number of nitrogens with zero attached hydrogens (tertiary/aromatic N) is 2. The van der Waals surface area contributed by atoms with Crippen LogP contribution in [-0.2, 0) is 0 Å². The van der Waals surface area contributed by atoms with E-state index < -0.39 is 0 Å². The van der Waals surface area contributed by atoms with Crippen LogP contribution in [0.1, 0.15) is 31.5 Å². The summed E-state index contributed by atoms with van der Waals surface area (Å²) in [4.78, 5) is 0. The Hall–Kier alpha value is -2.09. The van der Waals surface area contributed by atoms with Gasteiger partial charge in [0.25, 0.3) is 0 Å². The number of hydrogen-bond donors (Lipinski definition) is 2. The maximum atomic E-state index is 5.59. The van der Waals surface area contributed by atoms with Crippen molar-refractivity contribution in [1.29, 1.82) is 0 Å². The molecule has 1 unspecified atom stereocenters. The summed E-state index contributed by atoms with van der Waals surface area (Å²) >= 11 is 0. The van der Waals surface area contributed by atoms with E-state index in [0.29, 0.717) is 0 Å². The van der Waals surface area contributed by atoms with E-state index in [-0.39, 0.29) is 6.04 Å². The fourth-order valence-electron chi connectivity index (χ4n) is 1.91. The van der Waals surface area contributed by atoms with E-state index in [2.05, 4.69) is 22.4 Å². The lowest BCUT2D eigenvalue weighted by Gasteiger charge is -2.11. The Labute approximate surface area is 113 Å². The fraction of sp³-hybridized carbons (Fsp3) is 0.267. The Bertz CT molecular complexity index is 563. The molecule has 0 aliphatic heterocycles. The standard InChI is InChI=1S/C15H18N4/c1-2-3-5-10-14(17-16)15-11-12-19(18-15)13-8-6-4-7-9-13/h4,6-9,11-12,14,17H,5,10,16H2,1H3. The quantitative estimate of drug-likeness (QED) is 0.488. The molecule has 0 saturated heterocycles. The fourth-order valence-corrected chi connectivity index (χ4v) is 1.91. The van der Waals surface area contributed by atoms with Gasteiger partial charge in [0, 0.05) is 12.6 Å². The van der Waals surface area contributed by atoms with Crippen molar-refractivity contribution in [1.82, 2.24) is 15.2 Å². The molecule has 98 valence electrons. The second kappa shape index (κ2) is 6.74. The molecule has 19 heavy (non-hydrogen) atoms. The van der Waals surface area contributed by atoms with Crippen LogP contribution in [0.3, 0.4) is 0 Å². The third kappa shape index (κ3) is 3.44. The zero-order valence-electron chi connectivity index (χ0n) is 11.0. The maximum Gasteiger partial charge on any atom is 0.0812 e. The predicted molar refractivity (Wildman–Crippen MR) is 76.3 cm³/mol. The number of nitrogens with two attached hydrogens (primary N) is 1.